The number of carbonyl (C=O) groups excluding carboxylic acids is 1. The molecule has 0 aromatic heterocycles. The Morgan fingerprint density at radius 2 is 1.71 bits per heavy atom. The Hall–Kier alpha value is -2.25. The zero-order valence-electron chi connectivity index (χ0n) is 13.4. The number of hydrogen-bond donors (Lipinski definition) is 2. The SMILES string of the molecule is CC(C)(CCC(=O)O)NC(=O)CCc1ccc(OC(F)(F)F)cc1. The van der Waals surface area contributed by atoms with E-state index in [1.807, 2.05) is 0 Å². The molecule has 5 nitrogen and oxygen atoms in total. The second-order valence-electron chi connectivity index (χ2n) is 6.02. The number of halogens is 3. The van der Waals surface area contributed by atoms with Gasteiger partial charge in [0, 0.05) is 18.4 Å². The largest absolute Gasteiger partial charge is 0.573 e. The summed E-state index contributed by atoms with van der Waals surface area (Å²) in [6.45, 7) is 3.47. The predicted octanol–water partition coefficient (Wildman–Crippen LogP) is 3.28. The lowest BCUT2D eigenvalue weighted by Gasteiger charge is -2.25. The number of rotatable bonds is 8. The topological polar surface area (TPSA) is 75.6 Å². The average Bonchev–Trinajstić information content (AvgIpc) is 2.42. The van der Waals surface area contributed by atoms with Gasteiger partial charge in [0.2, 0.25) is 5.91 Å². The van der Waals surface area contributed by atoms with E-state index in [0.29, 0.717) is 18.4 Å². The molecule has 0 bridgehead atoms. The molecule has 0 radical (unpaired) electrons. The Kier molecular flexibility index (Phi) is 6.62. The lowest BCUT2D eigenvalue weighted by Crippen LogP contribution is -2.43. The van der Waals surface area contributed by atoms with Crippen molar-refractivity contribution in [3.8, 4) is 5.75 Å². The molecule has 2 N–H and O–H groups in total. The van der Waals surface area contributed by atoms with Crippen molar-refractivity contribution >= 4 is 11.9 Å². The normalized spacial score (nSPS) is 11.9. The Balaban J connectivity index is 2.45. The Labute approximate surface area is 137 Å². The third-order valence-electron chi connectivity index (χ3n) is 3.24. The van der Waals surface area contributed by atoms with Gasteiger partial charge in [-0.1, -0.05) is 12.1 Å². The summed E-state index contributed by atoms with van der Waals surface area (Å²) in [7, 11) is 0. The zero-order chi connectivity index (χ0) is 18.4. The molecule has 24 heavy (non-hydrogen) atoms. The highest BCUT2D eigenvalue weighted by atomic mass is 19.4. The maximum Gasteiger partial charge on any atom is 0.573 e. The summed E-state index contributed by atoms with van der Waals surface area (Å²) < 4.78 is 39.9. The maximum atomic E-state index is 12.1. The molecular formula is C16H20F3NO4. The molecule has 1 amide bonds. The summed E-state index contributed by atoms with van der Waals surface area (Å²) in [5, 5.41) is 11.4. The van der Waals surface area contributed by atoms with E-state index in [1.165, 1.54) is 24.3 Å². The number of alkyl halides is 3. The summed E-state index contributed by atoms with van der Waals surface area (Å²) >= 11 is 0. The van der Waals surface area contributed by atoms with Crippen LogP contribution < -0.4 is 10.1 Å². The molecule has 134 valence electrons. The zero-order valence-corrected chi connectivity index (χ0v) is 13.4. The number of nitrogens with one attached hydrogen (secondary N) is 1. The van der Waals surface area contributed by atoms with Gasteiger partial charge in [-0.3, -0.25) is 9.59 Å². The van der Waals surface area contributed by atoms with Crippen LogP contribution in [0.5, 0.6) is 5.75 Å². The van der Waals surface area contributed by atoms with Crippen LogP contribution in [0.4, 0.5) is 13.2 Å². The Morgan fingerprint density at radius 1 is 1.12 bits per heavy atom. The molecule has 0 saturated carbocycles. The summed E-state index contributed by atoms with van der Waals surface area (Å²) in [6, 6.07) is 5.31. The highest BCUT2D eigenvalue weighted by Crippen LogP contribution is 2.23. The van der Waals surface area contributed by atoms with Gasteiger partial charge in [0.1, 0.15) is 5.75 Å². The van der Waals surface area contributed by atoms with Crippen molar-refractivity contribution in [2.24, 2.45) is 0 Å². The summed E-state index contributed by atoms with van der Waals surface area (Å²) in [4.78, 5) is 22.5. The number of amides is 1. The van der Waals surface area contributed by atoms with Crippen molar-refractivity contribution in [2.45, 2.75) is 51.4 Å². The van der Waals surface area contributed by atoms with Crippen LogP contribution >= 0.6 is 0 Å². The molecule has 8 heteroatoms. The minimum Gasteiger partial charge on any atom is -0.481 e. The van der Waals surface area contributed by atoms with Gasteiger partial charge in [-0.05, 0) is 44.4 Å². The van der Waals surface area contributed by atoms with Gasteiger partial charge >= 0.3 is 12.3 Å². The molecule has 1 aromatic carbocycles. The van der Waals surface area contributed by atoms with Gasteiger partial charge in [-0.2, -0.15) is 0 Å². The van der Waals surface area contributed by atoms with Crippen LogP contribution in [0.15, 0.2) is 24.3 Å². The van der Waals surface area contributed by atoms with Crippen LogP contribution in [-0.4, -0.2) is 28.9 Å². The van der Waals surface area contributed by atoms with E-state index in [1.54, 1.807) is 13.8 Å². The molecule has 0 spiro atoms. The van der Waals surface area contributed by atoms with Crippen LogP contribution in [0.2, 0.25) is 0 Å². The lowest BCUT2D eigenvalue weighted by atomic mass is 9.98. The number of aryl methyl sites for hydroxylation is 1. The third-order valence-corrected chi connectivity index (χ3v) is 3.24. The summed E-state index contributed by atoms with van der Waals surface area (Å²) in [5.41, 5.74) is 0.0582. The summed E-state index contributed by atoms with van der Waals surface area (Å²) in [6.07, 6.45) is -3.97. The average molecular weight is 347 g/mol. The van der Waals surface area contributed by atoms with Crippen LogP contribution in [0.3, 0.4) is 0 Å². The minimum atomic E-state index is -4.73. The monoisotopic (exact) mass is 347 g/mol. The van der Waals surface area contributed by atoms with Crippen LogP contribution in [0.1, 0.15) is 38.7 Å². The quantitative estimate of drug-likeness (QED) is 0.757. The van der Waals surface area contributed by atoms with Gasteiger partial charge in [-0.25, -0.2) is 0 Å². The van der Waals surface area contributed by atoms with E-state index in [4.69, 9.17) is 5.11 Å². The number of carboxylic acid groups (broad SMARTS) is 1. The highest BCUT2D eigenvalue weighted by Gasteiger charge is 2.31. The predicted molar refractivity (Wildman–Crippen MR) is 80.5 cm³/mol. The number of carbonyl (C=O) groups is 2. The molecule has 0 aliphatic rings. The molecule has 0 unspecified atom stereocenters. The fraction of sp³-hybridized carbons (Fsp3) is 0.500. The fourth-order valence-electron chi connectivity index (χ4n) is 2.04. The van der Waals surface area contributed by atoms with Crippen molar-refractivity contribution in [3.63, 3.8) is 0 Å². The minimum absolute atomic E-state index is 0.0477. The highest BCUT2D eigenvalue weighted by molar-refractivity contribution is 5.77. The first-order chi connectivity index (χ1) is 11.0. The number of carboxylic acids is 1. The van der Waals surface area contributed by atoms with Gasteiger partial charge in [0.25, 0.3) is 0 Å². The van der Waals surface area contributed by atoms with Crippen molar-refractivity contribution in [3.05, 3.63) is 29.8 Å². The summed E-state index contributed by atoms with van der Waals surface area (Å²) in [5.74, 6) is -1.50. The van der Waals surface area contributed by atoms with Gasteiger partial charge < -0.3 is 15.2 Å². The second kappa shape index (κ2) is 8.03. The number of hydrogen-bond acceptors (Lipinski definition) is 3. The third kappa shape index (κ3) is 8.40. The van der Waals surface area contributed by atoms with Crippen molar-refractivity contribution in [1.29, 1.82) is 0 Å². The van der Waals surface area contributed by atoms with Crippen LogP contribution in [-0.2, 0) is 16.0 Å². The van der Waals surface area contributed by atoms with Crippen molar-refractivity contribution < 1.29 is 32.6 Å². The first kappa shape index (κ1) is 19.8. The van der Waals surface area contributed by atoms with Crippen molar-refractivity contribution in [1.82, 2.24) is 5.32 Å². The van der Waals surface area contributed by atoms with Gasteiger partial charge in [-0.15, -0.1) is 13.2 Å². The van der Waals surface area contributed by atoms with Gasteiger partial charge in [0.05, 0.1) is 0 Å². The van der Waals surface area contributed by atoms with E-state index < -0.39 is 17.9 Å². The number of ether oxygens (including phenoxy) is 1. The number of aliphatic carboxylic acids is 1. The molecule has 0 heterocycles. The second-order valence-corrected chi connectivity index (χ2v) is 6.02. The first-order valence-corrected chi connectivity index (χ1v) is 7.34. The van der Waals surface area contributed by atoms with E-state index in [-0.39, 0.29) is 24.5 Å². The molecule has 0 saturated heterocycles. The van der Waals surface area contributed by atoms with E-state index in [2.05, 4.69) is 10.1 Å². The lowest BCUT2D eigenvalue weighted by molar-refractivity contribution is -0.274. The molecule has 0 fully saturated rings. The Bertz CT molecular complexity index is 568. The van der Waals surface area contributed by atoms with E-state index in [9.17, 15) is 22.8 Å². The van der Waals surface area contributed by atoms with E-state index >= 15 is 0 Å². The number of benzene rings is 1. The molecule has 0 atom stereocenters. The molecule has 1 aromatic rings. The van der Waals surface area contributed by atoms with E-state index in [0.717, 1.165) is 0 Å². The standard InChI is InChI=1S/C16H20F3NO4/c1-15(2,10-9-14(22)23)20-13(21)8-5-11-3-6-12(7-4-11)24-16(17,18)19/h3-4,6-7H,5,8-10H2,1-2H3,(H,20,21)(H,22,23). The molecule has 1 rings (SSSR count). The molecular weight excluding hydrogens is 327 g/mol. The molecule has 0 aliphatic heterocycles. The van der Waals surface area contributed by atoms with Gasteiger partial charge in [0.15, 0.2) is 0 Å². The maximum absolute atomic E-state index is 12.1. The molecule has 0 aliphatic carbocycles. The fourth-order valence-corrected chi connectivity index (χ4v) is 2.04. The van der Waals surface area contributed by atoms with Crippen molar-refractivity contribution in [2.75, 3.05) is 0 Å². The smallest absolute Gasteiger partial charge is 0.481 e. The van der Waals surface area contributed by atoms with Crippen LogP contribution in [0.25, 0.3) is 0 Å². The van der Waals surface area contributed by atoms with Crippen LogP contribution in [0, 0.1) is 0 Å². The Morgan fingerprint density at radius 3 is 2.21 bits per heavy atom. The first-order valence-electron chi connectivity index (χ1n) is 7.34.